The highest BCUT2D eigenvalue weighted by Gasteiger charge is 2.19. The summed E-state index contributed by atoms with van der Waals surface area (Å²) < 4.78 is 35.5. The Morgan fingerprint density at radius 1 is 0.909 bits per heavy atom. The van der Waals surface area contributed by atoms with E-state index in [1.165, 1.54) is 25.3 Å². The Bertz CT molecular complexity index is 1400. The van der Waals surface area contributed by atoms with Crippen molar-refractivity contribution in [3.05, 3.63) is 102 Å². The molecule has 33 heavy (non-hydrogen) atoms. The van der Waals surface area contributed by atoms with Gasteiger partial charge in [0, 0.05) is 23.6 Å². The average Bonchev–Trinajstić information content (AvgIpc) is 3.36. The first-order chi connectivity index (χ1) is 15.9. The summed E-state index contributed by atoms with van der Waals surface area (Å²) in [5, 5.41) is 3.02. The first-order valence-electron chi connectivity index (χ1n) is 9.87. The number of benzene rings is 3. The molecular formula is C24H20ClN3O4S. The Balaban J connectivity index is 1.62. The molecule has 1 amide bonds. The highest BCUT2D eigenvalue weighted by atomic mass is 35.5. The molecule has 2 N–H and O–H groups in total. The van der Waals surface area contributed by atoms with Gasteiger partial charge < -0.3 is 14.6 Å². The third kappa shape index (κ3) is 5.02. The van der Waals surface area contributed by atoms with Crippen LogP contribution in [0.3, 0.4) is 0 Å². The fourth-order valence-electron chi connectivity index (χ4n) is 3.21. The third-order valence-corrected chi connectivity index (χ3v) is 6.55. The molecule has 4 aromatic rings. The molecule has 0 aliphatic rings. The van der Waals surface area contributed by atoms with Crippen LogP contribution in [0.15, 0.2) is 96.2 Å². The molecule has 7 nitrogen and oxygen atoms in total. The van der Waals surface area contributed by atoms with E-state index in [0.29, 0.717) is 11.3 Å². The Labute approximate surface area is 196 Å². The molecule has 1 aromatic heterocycles. The van der Waals surface area contributed by atoms with E-state index in [2.05, 4.69) is 10.0 Å². The number of amides is 1. The molecule has 1 heterocycles. The molecule has 0 aliphatic heterocycles. The molecule has 0 spiro atoms. The van der Waals surface area contributed by atoms with E-state index in [1.807, 2.05) is 35.2 Å². The number of para-hydroxylation sites is 1. The first-order valence-corrected chi connectivity index (χ1v) is 11.7. The molecule has 0 radical (unpaired) electrons. The number of methoxy groups -OCH3 is 1. The zero-order valence-corrected chi connectivity index (χ0v) is 19.1. The number of nitrogens with one attached hydrogen (secondary N) is 2. The number of carbonyl (C=O) groups is 1. The van der Waals surface area contributed by atoms with Crippen LogP contribution in [0, 0.1) is 0 Å². The Hall–Kier alpha value is -3.75. The Kier molecular flexibility index (Phi) is 6.39. The fourth-order valence-corrected chi connectivity index (χ4v) is 4.55. The van der Waals surface area contributed by atoms with Crippen LogP contribution in [-0.2, 0) is 10.0 Å². The van der Waals surface area contributed by atoms with E-state index in [1.54, 1.807) is 42.5 Å². The van der Waals surface area contributed by atoms with Crippen LogP contribution in [-0.4, -0.2) is 26.0 Å². The lowest BCUT2D eigenvalue weighted by atomic mass is 10.1. The zero-order valence-electron chi connectivity index (χ0n) is 17.5. The summed E-state index contributed by atoms with van der Waals surface area (Å²) in [5.74, 6) is -0.0856. The summed E-state index contributed by atoms with van der Waals surface area (Å²) in [6.45, 7) is 0. The molecule has 0 bridgehead atoms. The van der Waals surface area contributed by atoms with E-state index < -0.39 is 15.9 Å². The number of aromatic nitrogens is 1. The van der Waals surface area contributed by atoms with Gasteiger partial charge in [-0.15, -0.1) is 0 Å². The molecular weight excluding hydrogens is 462 g/mol. The number of halogens is 1. The summed E-state index contributed by atoms with van der Waals surface area (Å²) in [7, 11) is -2.53. The molecule has 0 atom stereocenters. The number of carbonyl (C=O) groups excluding carboxylic acids is 1. The van der Waals surface area contributed by atoms with Gasteiger partial charge in [-0.2, -0.15) is 0 Å². The minimum absolute atomic E-state index is 0.0559. The quantitative estimate of drug-likeness (QED) is 0.380. The van der Waals surface area contributed by atoms with Crippen molar-refractivity contribution in [2.24, 2.45) is 0 Å². The van der Waals surface area contributed by atoms with E-state index in [0.717, 1.165) is 5.69 Å². The van der Waals surface area contributed by atoms with Crippen molar-refractivity contribution in [3.8, 4) is 11.4 Å². The number of ether oxygens (including phenoxy) is 1. The lowest BCUT2D eigenvalue weighted by Gasteiger charge is -2.14. The van der Waals surface area contributed by atoms with Gasteiger partial charge >= 0.3 is 0 Å². The third-order valence-electron chi connectivity index (χ3n) is 4.86. The monoisotopic (exact) mass is 481 g/mol. The molecule has 0 aliphatic carbocycles. The predicted octanol–water partition coefficient (Wildman–Crippen LogP) is 5.19. The normalized spacial score (nSPS) is 11.1. The zero-order chi connectivity index (χ0) is 23.4. The van der Waals surface area contributed by atoms with Crippen molar-refractivity contribution in [2.45, 2.75) is 4.90 Å². The second-order valence-electron chi connectivity index (χ2n) is 7.04. The number of rotatable bonds is 7. The minimum atomic E-state index is -3.96. The molecule has 0 saturated carbocycles. The van der Waals surface area contributed by atoms with Crippen LogP contribution in [0.2, 0.25) is 5.02 Å². The maximum absolute atomic E-state index is 12.9. The summed E-state index contributed by atoms with van der Waals surface area (Å²) in [6.07, 6.45) is 3.75. The van der Waals surface area contributed by atoms with E-state index in [-0.39, 0.29) is 21.3 Å². The molecule has 0 saturated heterocycles. The van der Waals surface area contributed by atoms with E-state index >= 15 is 0 Å². The van der Waals surface area contributed by atoms with Gasteiger partial charge in [0.05, 0.1) is 28.4 Å². The average molecular weight is 482 g/mol. The van der Waals surface area contributed by atoms with Crippen LogP contribution in [0.4, 0.5) is 11.4 Å². The van der Waals surface area contributed by atoms with Gasteiger partial charge in [-0.25, -0.2) is 8.42 Å². The number of anilines is 2. The van der Waals surface area contributed by atoms with Crippen molar-refractivity contribution in [3.63, 3.8) is 0 Å². The van der Waals surface area contributed by atoms with Crippen LogP contribution in [0.1, 0.15) is 10.4 Å². The summed E-state index contributed by atoms with van der Waals surface area (Å²) in [6, 6.07) is 21.6. The molecule has 3 aromatic carbocycles. The molecule has 9 heteroatoms. The molecule has 0 unspecified atom stereocenters. The molecule has 168 valence electrons. The lowest BCUT2D eigenvalue weighted by molar-refractivity contribution is 0.102. The number of hydrogen-bond donors (Lipinski definition) is 2. The lowest BCUT2D eigenvalue weighted by Crippen LogP contribution is -2.16. The summed E-state index contributed by atoms with van der Waals surface area (Å²) >= 11 is 6.08. The number of nitrogens with zero attached hydrogens (tertiary/aromatic N) is 1. The van der Waals surface area contributed by atoms with Crippen molar-refractivity contribution < 1.29 is 17.9 Å². The van der Waals surface area contributed by atoms with Crippen molar-refractivity contribution >= 4 is 38.9 Å². The first kappa shape index (κ1) is 22.4. The van der Waals surface area contributed by atoms with Gasteiger partial charge in [0.2, 0.25) is 0 Å². The van der Waals surface area contributed by atoms with Crippen molar-refractivity contribution in [2.75, 3.05) is 17.1 Å². The highest BCUT2D eigenvalue weighted by Crippen LogP contribution is 2.30. The van der Waals surface area contributed by atoms with E-state index in [9.17, 15) is 13.2 Å². The SMILES string of the molecule is COc1ccc(S(=O)(=O)Nc2ccccc2Cl)cc1NC(=O)c1cccc(-n2cccc2)c1. The topological polar surface area (TPSA) is 89.4 Å². The highest BCUT2D eigenvalue weighted by molar-refractivity contribution is 7.92. The second-order valence-corrected chi connectivity index (χ2v) is 9.13. The van der Waals surface area contributed by atoms with Gasteiger partial charge in [-0.1, -0.05) is 29.8 Å². The van der Waals surface area contributed by atoms with Crippen LogP contribution in [0.25, 0.3) is 5.69 Å². The second kappa shape index (κ2) is 9.40. The molecule has 4 rings (SSSR count). The van der Waals surface area contributed by atoms with Crippen molar-refractivity contribution in [1.82, 2.24) is 4.57 Å². The Morgan fingerprint density at radius 2 is 1.67 bits per heavy atom. The number of sulfonamides is 1. The van der Waals surface area contributed by atoms with Crippen LogP contribution < -0.4 is 14.8 Å². The predicted molar refractivity (Wildman–Crippen MR) is 129 cm³/mol. The van der Waals surface area contributed by atoms with E-state index in [4.69, 9.17) is 16.3 Å². The Morgan fingerprint density at radius 3 is 2.39 bits per heavy atom. The summed E-state index contributed by atoms with van der Waals surface area (Å²) in [5.41, 5.74) is 1.70. The molecule has 0 fully saturated rings. The maximum Gasteiger partial charge on any atom is 0.262 e. The van der Waals surface area contributed by atoms with Gasteiger partial charge in [0.15, 0.2) is 0 Å². The van der Waals surface area contributed by atoms with Crippen LogP contribution in [0.5, 0.6) is 5.75 Å². The van der Waals surface area contributed by atoms with Gasteiger partial charge in [0.25, 0.3) is 15.9 Å². The summed E-state index contributed by atoms with van der Waals surface area (Å²) in [4.78, 5) is 12.9. The van der Waals surface area contributed by atoms with Gasteiger partial charge in [-0.05, 0) is 60.7 Å². The van der Waals surface area contributed by atoms with Gasteiger partial charge in [0.1, 0.15) is 5.75 Å². The van der Waals surface area contributed by atoms with Crippen LogP contribution >= 0.6 is 11.6 Å². The maximum atomic E-state index is 12.9. The van der Waals surface area contributed by atoms with Crippen molar-refractivity contribution in [1.29, 1.82) is 0 Å². The van der Waals surface area contributed by atoms with Gasteiger partial charge in [-0.3, -0.25) is 9.52 Å². The number of hydrogen-bond acceptors (Lipinski definition) is 4. The fraction of sp³-hybridized carbons (Fsp3) is 0.0417. The minimum Gasteiger partial charge on any atom is -0.495 e. The standard InChI is InChI=1S/C24H20ClN3O4S/c1-32-23-12-11-19(33(30,31)27-21-10-3-2-9-20(21)25)16-22(23)26-24(29)17-7-6-8-18(15-17)28-13-4-5-14-28/h2-16,27H,1H3,(H,26,29). The largest absolute Gasteiger partial charge is 0.495 e. The smallest absolute Gasteiger partial charge is 0.262 e.